The van der Waals surface area contributed by atoms with Crippen LogP contribution in [0.2, 0.25) is 0 Å². The fourth-order valence-electron chi connectivity index (χ4n) is 2.11. The van der Waals surface area contributed by atoms with E-state index in [0.29, 0.717) is 10.9 Å². The van der Waals surface area contributed by atoms with Crippen LogP contribution in [0.4, 0.5) is 0 Å². The van der Waals surface area contributed by atoms with Gasteiger partial charge in [-0.3, -0.25) is 4.79 Å². The highest BCUT2D eigenvalue weighted by Crippen LogP contribution is 2.21. The first-order chi connectivity index (χ1) is 9.74. The summed E-state index contributed by atoms with van der Waals surface area (Å²) in [5.41, 5.74) is 2.26. The highest BCUT2D eigenvalue weighted by molar-refractivity contribution is 8.15. The molecule has 2 aromatic carbocycles. The third-order valence-corrected chi connectivity index (χ3v) is 3.97. The maximum atomic E-state index is 11.0. The van der Waals surface area contributed by atoms with E-state index in [1.165, 1.54) is 22.7 Å². The van der Waals surface area contributed by atoms with Crippen LogP contribution in [0.3, 0.4) is 0 Å². The molecule has 1 heterocycles. The first kappa shape index (κ1) is 12.9. The van der Waals surface area contributed by atoms with Gasteiger partial charge in [0.1, 0.15) is 0 Å². The molecule has 2 aromatic rings. The Bertz CT molecular complexity index is 737. The summed E-state index contributed by atoms with van der Waals surface area (Å²) in [6.45, 7) is 2.09. The van der Waals surface area contributed by atoms with Crippen molar-refractivity contribution in [2.45, 2.75) is 6.92 Å². The van der Waals surface area contributed by atoms with Crippen molar-refractivity contribution in [1.29, 1.82) is 0 Å². The molecule has 1 N–H and O–H groups in total. The number of hydrogen-bond acceptors (Lipinski definition) is 4. The molecule has 3 rings (SSSR count). The smallest absolute Gasteiger partial charge is 0.236 e. The van der Waals surface area contributed by atoms with E-state index in [2.05, 4.69) is 40.6 Å². The van der Waals surface area contributed by atoms with Crippen molar-refractivity contribution in [2.75, 3.05) is 5.75 Å². The molecule has 0 aromatic heterocycles. The minimum atomic E-state index is -0.0234. The zero-order valence-corrected chi connectivity index (χ0v) is 11.8. The van der Waals surface area contributed by atoms with Gasteiger partial charge in [-0.25, -0.2) is 0 Å². The quantitative estimate of drug-likeness (QED) is 0.680. The van der Waals surface area contributed by atoms with Crippen molar-refractivity contribution in [1.82, 2.24) is 5.32 Å². The lowest BCUT2D eigenvalue weighted by Crippen LogP contribution is -2.19. The van der Waals surface area contributed by atoms with E-state index in [1.54, 1.807) is 6.21 Å². The molecule has 5 heteroatoms. The number of hydrogen-bond donors (Lipinski definition) is 1. The number of nitrogens with zero attached hydrogens (tertiary/aromatic N) is 2. The molecule has 4 nitrogen and oxygen atoms in total. The second-order valence-electron chi connectivity index (χ2n) is 4.50. The van der Waals surface area contributed by atoms with Crippen LogP contribution in [0.25, 0.3) is 10.8 Å². The molecule has 20 heavy (non-hydrogen) atoms. The third kappa shape index (κ3) is 2.58. The van der Waals surface area contributed by atoms with Crippen LogP contribution in [-0.2, 0) is 4.79 Å². The van der Waals surface area contributed by atoms with Gasteiger partial charge >= 0.3 is 0 Å². The first-order valence-corrected chi connectivity index (χ1v) is 7.24. The van der Waals surface area contributed by atoms with Gasteiger partial charge < -0.3 is 5.32 Å². The number of benzene rings is 2. The van der Waals surface area contributed by atoms with Crippen molar-refractivity contribution in [3.8, 4) is 0 Å². The summed E-state index contributed by atoms with van der Waals surface area (Å²) >= 11 is 1.37. The second kappa shape index (κ2) is 5.46. The zero-order valence-electron chi connectivity index (χ0n) is 11.0. The van der Waals surface area contributed by atoms with Gasteiger partial charge in [-0.1, -0.05) is 48.2 Å². The van der Waals surface area contributed by atoms with E-state index in [0.717, 1.165) is 10.9 Å². The van der Waals surface area contributed by atoms with Gasteiger partial charge in [0.15, 0.2) is 5.17 Å². The van der Waals surface area contributed by atoms with Crippen LogP contribution >= 0.6 is 11.8 Å². The summed E-state index contributed by atoms with van der Waals surface area (Å²) < 4.78 is 0. The Morgan fingerprint density at radius 3 is 2.75 bits per heavy atom. The molecule has 1 amide bonds. The summed E-state index contributed by atoms with van der Waals surface area (Å²) in [5.74, 6) is 0.395. The molecular formula is C15H13N3OS. The standard InChI is InChI=1S/C15H13N3OS/c1-10-6-7-11(13-5-3-2-4-12(10)13)8-16-18-15-17-14(19)9-20-15/h2-8H,9H2,1H3,(H,17,18,19). The van der Waals surface area contributed by atoms with Gasteiger partial charge in [0.2, 0.25) is 5.91 Å². The van der Waals surface area contributed by atoms with Gasteiger partial charge in [0.25, 0.3) is 0 Å². The molecular weight excluding hydrogens is 270 g/mol. The summed E-state index contributed by atoms with van der Waals surface area (Å²) in [6.07, 6.45) is 1.72. The normalized spacial score (nSPS) is 17.2. The number of carbonyl (C=O) groups excluding carboxylic acids is 1. The molecule has 0 bridgehead atoms. The molecule has 100 valence electrons. The van der Waals surface area contributed by atoms with Gasteiger partial charge in [-0.2, -0.15) is 5.10 Å². The summed E-state index contributed by atoms with van der Waals surface area (Å²) in [4.78, 5) is 11.0. The van der Waals surface area contributed by atoms with Crippen LogP contribution in [0.1, 0.15) is 11.1 Å². The minimum Gasteiger partial charge on any atom is -0.303 e. The highest BCUT2D eigenvalue weighted by Gasteiger charge is 2.15. The lowest BCUT2D eigenvalue weighted by molar-refractivity contribution is -0.116. The third-order valence-electron chi connectivity index (χ3n) is 3.11. The number of carbonyl (C=O) groups is 1. The fourth-order valence-corrected chi connectivity index (χ4v) is 2.74. The van der Waals surface area contributed by atoms with E-state index in [1.807, 2.05) is 18.2 Å². The van der Waals surface area contributed by atoms with Gasteiger partial charge in [0.05, 0.1) is 12.0 Å². The molecule has 1 saturated heterocycles. The average Bonchev–Trinajstić information content (AvgIpc) is 2.87. The van der Waals surface area contributed by atoms with Crippen LogP contribution in [0, 0.1) is 6.92 Å². The van der Waals surface area contributed by atoms with Gasteiger partial charge in [-0.15, -0.1) is 5.10 Å². The summed E-state index contributed by atoms with van der Waals surface area (Å²) in [5, 5.41) is 13.7. The molecule has 1 aliphatic heterocycles. The number of amidine groups is 1. The first-order valence-electron chi connectivity index (χ1n) is 6.26. The van der Waals surface area contributed by atoms with Crippen LogP contribution in [0.5, 0.6) is 0 Å². The number of rotatable bonds is 2. The average molecular weight is 283 g/mol. The molecule has 0 radical (unpaired) electrons. The Kier molecular flexibility index (Phi) is 3.52. The maximum absolute atomic E-state index is 11.0. The topological polar surface area (TPSA) is 53.8 Å². The van der Waals surface area contributed by atoms with Crippen LogP contribution in [0.15, 0.2) is 46.6 Å². The van der Waals surface area contributed by atoms with E-state index < -0.39 is 0 Å². The molecule has 1 fully saturated rings. The number of nitrogens with one attached hydrogen (secondary N) is 1. The summed E-state index contributed by atoms with van der Waals surface area (Å²) in [7, 11) is 0. The van der Waals surface area contributed by atoms with E-state index >= 15 is 0 Å². The molecule has 1 aliphatic rings. The van der Waals surface area contributed by atoms with E-state index in [9.17, 15) is 4.79 Å². The molecule has 0 spiro atoms. The number of fused-ring (bicyclic) bond motifs is 1. The molecule has 0 unspecified atom stereocenters. The van der Waals surface area contributed by atoms with E-state index in [-0.39, 0.29) is 5.91 Å². The van der Waals surface area contributed by atoms with E-state index in [4.69, 9.17) is 0 Å². The highest BCUT2D eigenvalue weighted by atomic mass is 32.2. The molecule has 0 saturated carbocycles. The monoisotopic (exact) mass is 283 g/mol. The molecule has 0 aliphatic carbocycles. The van der Waals surface area contributed by atoms with Crippen molar-refractivity contribution in [3.05, 3.63) is 47.5 Å². The van der Waals surface area contributed by atoms with Gasteiger partial charge in [-0.05, 0) is 23.3 Å². The number of thioether (sulfide) groups is 1. The molecule has 0 atom stereocenters. The van der Waals surface area contributed by atoms with Crippen LogP contribution < -0.4 is 5.32 Å². The Morgan fingerprint density at radius 1 is 1.20 bits per heavy atom. The largest absolute Gasteiger partial charge is 0.303 e. The Morgan fingerprint density at radius 2 is 2.00 bits per heavy atom. The predicted molar refractivity (Wildman–Crippen MR) is 84.3 cm³/mol. The minimum absolute atomic E-state index is 0.0234. The lowest BCUT2D eigenvalue weighted by atomic mass is 10.0. The lowest BCUT2D eigenvalue weighted by Gasteiger charge is -2.04. The Balaban J connectivity index is 1.91. The van der Waals surface area contributed by atoms with Crippen molar-refractivity contribution >= 4 is 39.8 Å². The second-order valence-corrected chi connectivity index (χ2v) is 5.47. The Labute approximate surface area is 121 Å². The van der Waals surface area contributed by atoms with Gasteiger partial charge in [0, 0.05) is 5.56 Å². The summed E-state index contributed by atoms with van der Waals surface area (Å²) in [6, 6.07) is 12.3. The van der Waals surface area contributed by atoms with Crippen molar-refractivity contribution < 1.29 is 4.79 Å². The van der Waals surface area contributed by atoms with Crippen LogP contribution in [-0.4, -0.2) is 23.0 Å². The zero-order chi connectivity index (χ0) is 13.9. The van der Waals surface area contributed by atoms with Crippen molar-refractivity contribution in [2.24, 2.45) is 10.2 Å². The Hall–Kier alpha value is -2.14. The maximum Gasteiger partial charge on any atom is 0.236 e. The van der Waals surface area contributed by atoms with Crippen molar-refractivity contribution in [3.63, 3.8) is 0 Å². The number of aryl methyl sites for hydroxylation is 1. The predicted octanol–water partition coefficient (Wildman–Crippen LogP) is 2.70. The number of amides is 1. The fraction of sp³-hybridized carbons (Fsp3) is 0.133. The SMILES string of the molecule is Cc1ccc(C=NN=C2NC(=O)CS2)c2ccccc12.